The maximum absolute atomic E-state index is 12.8. The number of hydrogen-bond donors (Lipinski definition) is 0. The van der Waals surface area contributed by atoms with E-state index in [0.29, 0.717) is 36.7 Å². The molecule has 2 aliphatic carbocycles. The lowest BCUT2D eigenvalue weighted by Crippen LogP contribution is -2.19. The number of carbonyl (C=O) groups excluding carboxylic acids is 1. The van der Waals surface area contributed by atoms with E-state index >= 15 is 0 Å². The quantitative estimate of drug-likeness (QED) is 0.781. The molecule has 132 valence electrons. The van der Waals surface area contributed by atoms with Crippen molar-refractivity contribution in [2.24, 2.45) is 5.92 Å². The summed E-state index contributed by atoms with van der Waals surface area (Å²) in [6.45, 7) is 3.35. The minimum atomic E-state index is -0.275. The highest BCUT2D eigenvalue weighted by Crippen LogP contribution is 2.42. The van der Waals surface area contributed by atoms with Crippen molar-refractivity contribution < 1.29 is 14.3 Å². The van der Waals surface area contributed by atoms with Gasteiger partial charge >= 0.3 is 5.97 Å². The SMILES string of the molecule is C[C@@H](C1CC1)n1ncc2c(C(=O)O[C@@H]3CCOC3)cc(C3CC3)nc21. The molecule has 0 radical (unpaired) electrons. The number of fused-ring (bicyclic) bond motifs is 1. The van der Waals surface area contributed by atoms with E-state index in [4.69, 9.17) is 14.5 Å². The van der Waals surface area contributed by atoms with Crippen molar-refractivity contribution >= 4 is 17.0 Å². The van der Waals surface area contributed by atoms with Gasteiger partial charge in [-0.3, -0.25) is 0 Å². The van der Waals surface area contributed by atoms with Crippen LogP contribution < -0.4 is 0 Å². The number of nitrogens with zero attached hydrogens (tertiary/aromatic N) is 3. The highest BCUT2D eigenvalue weighted by molar-refractivity contribution is 6.02. The number of pyridine rings is 1. The Morgan fingerprint density at radius 3 is 2.84 bits per heavy atom. The molecule has 0 unspecified atom stereocenters. The fourth-order valence-electron chi connectivity index (χ4n) is 3.69. The van der Waals surface area contributed by atoms with Crippen molar-refractivity contribution in [3.8, 4) is 0 Å². The van der Waals surface area contributed by atoms with Gasteiger partial charge in [0, 0.05) is 18.0 Å². The van der Waals surface area contributed by atoms with Crippen LogP contribution in [-0.2, 0) is 9.47 Å². The van der Waals surface area contributed by atoms with Crippen LogP contribution in [0.3, 0.4) is 0 Å². The first-order valence-corrected chi connectivity index (χ1v) is 9.37. The van der Waals surface area contributed by atoms with Crippen LogP contribution in [-0.4, -0.2) is 40.1 Å². The Balaban J connectivity index is 1.55. The summed E-state index contributed by atoms with van der Waals surface area (Å²) in [5, 5.41) is 5.38. The zero-order valence-electron chi connectivity index (χ0n) is 14.5. The van der Waals surface area contributed by atoms with Crippen molar-refractivity contribution in [2.75, 3.05) is 13.2 Å². The van der Waals surface area contributed by atoms with Crippen LogP contribution >= 0.6 is 0 Å². The van der Waals surface area contributed by atoms with E-state index in [9.17, 15) is 4.79 Å². The van der Waals surface area contributed by atoms with Gasteiger partial charge in [0.25, 0.3) is 0 Å². The summed E-state index contributed by atoms with van der Waals surface area (Å²) in [5.74, 6) is 0.884. The monoisotopic (exact) mass is 341 g/mol. The summed E-state index contributed by atoms with van der Waals surface area (Å²) in [7, 11) is 0. The highest BCUT2D eigenvalue weighted by atomic mass is 16.6. The first kappa shape index (κ1) is 15.3. The van der Waals surface area contributed by atoms with E-state index in [2.05, 4.69) is 12.0 Å². The molecule has 3 aliphatic rings. The third kappa shape index (κ3) is 2.82. The van der Waals surface area contributed by atoms with Crippen LogP contribution in [0.2, 0.25) is 0 Å². The van der Waals surface area contributed by atoms with Gasteiger partial charge in [0.15, 0.2) is 5.65 Å². The topological polar surface area (TPSA) is 66.2 Å². The summed E-state index contributed by atoms with van der Waals surface area (Å²) >= 11 is 0. The van der Waals surface area contributed by atoms with Crippen molar-refractivity contribution in [3.63, 3.8) is 0 Å². The van der Waals surface area contributed by atoms with E-state index in [0.717, 1.165) is 36.0 Å². The molecule has 0 aromatic carbocycles. The molecule has 6 nitrogen and oxygen atoms in total. The molecule has 0 spiro atoms. The molecule has 1 saturated heterocycles. The average molecular weight is 341 g/mol. The lowest BCUT2D eigenvalue weighted by Gasteiger charge is -2.14. The number of aromatic nitrogens is 3. The molecule has 2 aromatic heterocycles. The van der Waals surface area contributed by atoms with E-state index in [1.807, 2.05) is 10.7 Å². The van der Waals surface area contributed by atoms with Gasteiger partial charge in [0.05, 0.1) is 36.4 Å². The van der Waals surface area contributed by atoms with Crippen LogP contribution in [0.1, 0.15) is 67.0 Å². The van der Waals surface area contributed by atoms with E-state index < -0.39 is 0 Å². The molecule has 2 atom stereocenters. The van der Waals surface area contributed by atoms with Crippen LogP contribution in [0.15, 0.2) is 12.3 Å². The second-order valence-corrected chi connectivity index (χ2v) is 7.66. The first-order valence-electron chi connectivity index (χ1n) is 9.37. The first-order chi connectivity index (χ1) is 12.2. The third-order valence-corrected chi connectivity index (χ3v) is 5.65. The van der Waals surface area contributed by atoms with Crippen molar-refractivity contribution in [2.45, 2.75) is 57.1 Å². The average Bonchev–Trinajstić information content (AvgIpc) is 3.54. The van der Waals surface area contributed by atoms with Crippen LogP contribution in [0, 0.1) is 5.92 Å². The summed E-state index contributed by atoms with van der Waals surface area (Å²) in [4.78, 5) is 17.7. The molecule has 0 amide bonds. The van der Waals surface area contributed by atoms with Gasteiger partial charge in [0.1, 0.15) is 6.10 Å². The molecule has 0 bridgehead atoms. The molecule has 2 saturated carbocycles. The summed E-state index contributed by atoms with van der Waals surface area (Å²) in [5.41, 5.74) is 2.44. The Morgan fingerprint density at radius 2 is 2.16 bits per heavy atom. The van der Waals surface area contributed by atoms with Gasteiger partial charge in [-0.1, -0.05) is 0 Å². The molecule has 2 aromatic rings. The van der Waals surface area contributed by atoms with Gasteiger partial charge in [0.2, 0.25) is 0 Å². The van der Waals surface area contributed by atoms with Crippen molar-refractivity contribution in [1.29, 1.82) is 0 Å². The van der Waals surface area contributed by atoms with Gasteiger partial charge in [-0.15, -0.1) is 0 Å². The predicted molar refractivity (Wildman–Crippen MR) is 91.6 cm³/mol. The van der Waals surface area contributed by atoms with E-state index in [-0.39, 0.29) is 12.1 Å². The maximum Gasteiger partial charge on any atom is 0.339 e. The van der Waals surface area contributed by atoms with Gasteiger partial charge in [-0.25, -0.2) is 14.5 Å². The summed E-state index contributed by atoms with van der Waals surface area (Å²) in [6.07, 6.45) is 7.21. The predicted octanol–water partition coefficient (Wildman–Crippen LogP) is 3.23. The molecular formula is C19H23N3O3. The number of hydrogen-bond acceptors (Lipinski definition) is 5. The maximum atomic E-state index is 12.8. The van der Waals surface area contributed by atoms with Crippen LogP contribution in [0.4, 0.5) is 0 Å². The molecule has 6 heteroatoms. The van der Waals surface area contributed by atoms with Crippen molar-refractivity contribution in [3.05, 3.63) is 23.5 Å². The zero-order valence-corrected chi connectivity index (χ0v) is 14.5. The Morgan fingerprint density at radius 1 is 1.32 bits per heavy atom. The molecule has 1 aliphatic heterocycles. The molecular weight excluding hydrogens is 318 g/mol. The lowest BCUT2D eigenvalue weighted by molar-refractivity contribution is 0.0273. The standard InChI is InChI=1S/C19H23N3O3/c1-11(12-2-3-12)22-18-16(9-20-22)15(8-17(21-18)13-4-5-13)19(23)25-14-6-7-24-10-14/h8-9,11-14H,2-7,10H2,1H3/t11-,14+/m0/s1. The van der Waals surface area contributed by atoms with Crippen LogP contribution in [0.25, 0.3) is 11.0 Å². The lowest BCUT2D eigenvalue weighted by atomic mass is 10.1. The van der Waals surface area contributed by atoms with Gasteiger partial charge in [-0.05, 0) is 44.6 Å². The zero-order chi connectivity index (χ0) is 17.0. The summed E-state index contributed by atoms with van der Waals surface area (Å²) in [6, 6.07) is 2.25. The molecule has 3 fully saturated rings. The normalized spacial score (nSPS) is 24.6. The fraction of sp³-hybridized carbons (Fsp3) is 0.632. The van der Waals surface area contributed by atoms with Crippen molar-refractivity contribution in [1.82, 2.24) is 14.8 Å². The Labute approximate surface area is 146 Å². The largest absolute Gasteiger partial charge is 0.456 e. The number of rotatable bonds is 5. The van der Waals surface area contributed by atoms with E-state index in [1.54, 1.807) is 6.20 Å². The molecule has 5 rings (SSSR count). The minimum absolute atomic E-state index is 0.138. The second-order valence-electron chi connectivity index (χ2n) is 7.66. The summed E-state index contributed by atoms with van der Waals surface area (Å²) < 4.78 is 13.0. The highest BCUT2D eigenvalue weighted by Gasteiger charge is 2.33. The molecule has 25 heavy (non-hydrogen) atoms. The third-order valence-electron chi connectivity index (χ3n) is 5.65. The fourth-order valence-corrected chi connectivity index (χ4v) is 3.69. The van der Waals surface area contributed by atoms with Crippen LogP contribution in [0.5, 0.6) is 0 Å². The Bertz CT molecular complexity index is 817. The van der Waals surface area contributed by atoms with Gasteiger partial charge < -0.3 is 9.47 Å². The second kappa shape index (κ2) is 5.80. The number of esters is 1. The van der Waals surface area contributed by atoms with Gasteiger partial charge in [-0.2, -0.15) is 5.10 Å². The molecule has 3 heterocycles. The smallest absolute Gasteiger partial charge is 0.339 e. The Kier molecular flexibility index (Phi) is 3.55. The molecule has 0 N–H and O–H groups in total. The van der Waals surface area contributed by atoms with E-state index in [1.165, 1.54) is 12.8 Å². The Hall–Kier alpha value is -1.95. The number of carbonyl (C=O) groups is 1. The number of ether oxygens (including phenoxy) is 2. The minimum Gasteiger partial charge on any atom is -0.456 e.